The number of nitrogens with zero attached hydrogens (tertiary/aromatic N) is 4. The van der Waals surface area contributed by atoms with E-state index in [4.69, 9.17) is 14.2 Å². The number of aryl methyl sites for hydroxylation is 1. The summed E-state index contributed by atoms with van der Waals surface area (Å²) in [4.78, 5) is 49.6. The van der Waals surface area contributed by atoms with Crippen LogP contribution < -0.4 is 11.2 Å². The Morgan fingerprint density at radius 1 is 1.06 bits per heavy atom. The van der Waals surface area contributed by atoms with Gasteiger partial charge in [0.2, 0.25) is 0 Å². The first-order valence-electron chi connectivity index (χ1n) is 10.9. The molecule has 4 rings (SSSR count). The number of esters is 2. The Kier molecular flexibility index (Phi) is 6.38. The number of fused-ring (bicyclic) bond motifs is 1. The molecule has 0 N–H and O–H groups in total. The van der Waals surface area contributed by atoms with Gasteiger partial charge in [-0.2, -0.15) is 5.10 Å². The minimum Gasteiger partial charge on any atom is -0.456 e. The molecule has 0 bridgehead atoms. The molecule has 34 heavy (non-hydrogen) atoms. The monoisotopic (exact) mass is 470 g/mol. The lowest BCUT2D eigenvalue weighted by Crippen LogP contribution is -2.45. The van der Waals surface area contributed by atoms with Crippen molar-refractivity contribution in [2.24, 2.45) is 7.05 Å². The molecule has 1 aliphatic heterocycles. The van der Waals surface area contributed by atoms with Crippen LogP contribution in [0.2, 0.25) is 0 Å². The smallest absolute Gasteiger partial charge is 0.333 e. The van der Waals surface area contributed by atoms with Gasteiger partial charge in [-0.1, -0.05) is 25.1 Å². The van der Waals surface area contributed by atoms with E-state index in [1.54, 1.807) is 11.7 Å². The third kappa shape index (κ3) is 4.26. The van der Waals surface area contributed by atoms with Crippen LogP contribution in [0.4, 0.5) is 0 Å². The summed E-state index contributed by atoms with van der Waals surface area (Å²) in [6, 6.07) is 8.74. The molecule has 11 nitrogen and oxygen atoms in total. The van der Waals surface area contributed by atoms with Gasteiger partial charge in [0.15, 0.2) is 18.4 Å². The molecule has 11 heteroatoms. The molecule has 0 radical (unpaired) electrons. The number of hydrogen-bond donors (Lipinski definition) is 0. The van der Waals surface area contributed by atoms with Gasteiger partial charge >= 0.3 is 17.6 Å². The van der Waals surface area contributed by atoms with Gasteiger partial charge in [0.1, 0.15) is 6.10 Å². The Hall–Kier alpha value is -3.73. The molecule has 1 aliphatic rings. The highest BCUT2D eigenvalue weighted by molar-refractivity contribution is 5.81. The number of benzene rings is 1. The SMILES string of the molecule is CCC1OC(n2ccc(=O)n(Cc3nn(C)c4ccccc34)c2=O)C(OC(C)=O)[C@H]1OC(C)=O. The van der Waals surface area contributed by atoms with Crippen molar-refractivity contribution in [1.82, 2.24) is 18.9 Å². The maximum Gasteiger partial charge on any atom is 0.333 e. The molecule has 1 aromatic carbocycles. The Bertz CT molecular complexity index is 1360. The van der Waals surface area contributed by atoms with E-state index in [0.717, 1.165) is 15.5 Å². The lowest BCUT2D eigenvalue weighted by Gasteiger charge is -2.24. The number of para-hydroxylation sites is 1. The fourth-order valence-corrected chi connectivity index (χ4v) is 4.34. The zero-order valence-electron chi connectivity index (χ0n) is 19.3. The molecule has 3 aromatic rings. The van der Waals surface area contributed by atoms with E-state index in [9.17, 15) is 19.2 Å². The Morgan fingerprint density at radius 3 is 2.41 bits per heavy atom. The van der Waals surface area contributed by atoms with Crippen molar-refractivity contribution in [3.05, 3.63) is 63.1 Å². The molecule has 0 amide bonds. The second-order valence-electron chi connectivity index (χ2n) is 8.14. The first kappa shape index (κ1) is 23.4. The fraction of sp³-hybridized carbons (Fsp3) is 0.435. The summed E-state index contributed by atoms with van der Waals surface area (Å²) in [7, 11) is 1.79. The van der Waals surface area contributed by atoms with E-state index >= 15 is 0 Å². The van der Waals surface area contributed by atoms with E-state index in [1.807, 2.05) is 31.2 Å². The van der Waals surface area contributed by atoms with Crippen LogP contribution in [0.15, 0.2) is 46.1 Å². The summed E-state index contributed by atoms with van der Waals surface area (Å²) in [5, 5.41) is 5.29. The van der Waals surface area contributed by atoms with Gasteiger partial charge in [-0.3, -0.25) is 28.2 Å². The lowest BCUT2D eigenvalue weighted by molar-refractivity contribution is -0.165. The Balaban J connectivity index is 1.77. The molecule has 2 aromatic heterocycles. The maximum atomic E-state index is 13.4. The van der Waals surface area contributed by atoms with Crippen LogP contribution in [0.5, 0.6) is 0 Å². The highest BCUT2D eigenvalue weighted by Gasteiger charge is 2.49. The molecule has 180 valence electrons. The Morgan fingerprint density at radius 2 is 1.74 bits per heavy atom. The average Bonchev–Trinajstić information content (AvgIpc) is 3.28. The highest BCUT2D eigenvalue weighted by Crippen LogP contribution is 2.34. The van der Waals surface area contributed by atoms with E-state index in [0.29, 0.717) is 12.1 Å². The summed E-state index contributed by atoms with van der Waals surface area (Å²) in [6.07, 6.45) is -1.92. The van der Waals surface area contributed by atoms with Crippen molar-refractivity contribution in [2.75, 3.05) is 0 Å². The van der Waals surface area contributed by atoms with Crippen LogP contribution in [0, 0.1) is 0 Å². The number of rotatable bonds is 6. The van der Waals surface area contributed by atoms with Crippen LogP contribution in [-0.4, -0.2) is 49.2 Å². The molecular formula is C23H26N4O7. The molecule has 0 aliphatic carbocycles. The quantitative estimate of drug-likeness (QED) is 0.491. The van der Waals surface area contributed by atoms with Crippen LogP contribution in [0.3, 0.4) is 0 Å². The number of carbonyl (C=O) groups excluding carboxylic acids is 2. The number of aromatic nitrogens is 4. The van der Waals surface area contributed by atoms with Crippen molar-refractivity contribution in [2.45, 2.75) is 58.3 Å². The number of carbonyl (C=O) groups is 2. The standard InChI is InChI=1S/C23H26N4O7/c1-5-18-20(32-13(2)28)21(33-14(3)29)22(34-18)26-11-10-19(30)27(23(26)31)12-16-15-8-6-7-9-17(15)25(4)24-16/h6-11,18,20-22H,5,12H2,1-4H3/t18?,20-,21?,22?/m0/s1. The summed E-state index contributed by atoms with van der Waals surface area (Å²) in [6.45, 7) is 4.23. The molecule has 0 saturated carbocycles. The van der Waals surface area contributed by atoms with Gasteiger partial charge in [0.25, 0.3) is 5.56 Å². The summed E-state index contributed by atoms with van der Waals surface area (Å²) in [5.41, 5.74) is 0.248. The topological polar surface area (TPSA) is 124 Å². The van der Waals surface area contributed by atoms with Crippen LogP contribution >= 0.6 is 0 Å². The first-order valence-corrected chi connectivity index (χ1v) is 10.9. The fourth-order valence-electron chi connectivity index (χ4n) is 4.34. The summed E-state index contributed by atoms with van der Waals surface area (Å²) < 4.78 is 20.7. The van der Waals surface area contributed by atoms with Crippen LogP contribution in [-0.2, 0) is 37.4 Å². The van der Waals surface area contributed by atoms with Gasteiger partial charge in [-0.15, -0.1) is 0 Å². The average molecular weight is 470 g/mol. The van der Waals surface area contributed by atoms with Crippen molar-refractivity contribution in [3.8, 4) is 0 Å². The minimum atomic E-state index is -1.09. The second-order valence-corrected chi connectivity index (χ2v) is 8.14. The van der Waals surface area contributed by atoms with Gasteiger partial charge in [-0.25, -0.2) is 4.79 Å². The van der Waals surface area contributed by atoms with E-state index in [1.165, 1.54) is 30.7 Å². The zero-order chi connectivity index (χ0) is 24.6. The molecular weight excluding hydrogens is 444 g/mol. The molecule has 1 saturated heterocycles. The third-order valence-electron chi connectivity index (χ3n) is 5.80. The number of ether oxygens (including phenoxy) is 3. The van der Waals surface area contributed by atoms with Crippen molar-refractivity contribution in [1.29, 1.82) is 0 Å². The number of hydrogen-bond acceptors (Lipinski definition) is 8. The van der Waals surface area contributed by atoms with E-state index in [-0.39, 0.29) is 6.54 Å². The maximum absolute atomic E-state index is 13.4. The van der Waals surface area contributed by atoms with E-state index in [2.05, 4.69) is 5.10 Å². The third-order valence-corrected chi connectivity index (χ3v) is 5.80. The van der Waals surface area contributed by atoms with Crippen molar-refractivity contribution < 1.29 is 23.8 Å². The van der Waals surface area contributed by atoms with Crippen LogP contribution in [0.1, 0.15) is 39.1 Å². The second kappa shape index (κ2) is 9.26. The van der Waals surface area contributed by atoms with Crippen molar-refractivity contribution in [3.63, 3.8) is 0 Å². The highest BCUT2D eigenvalue weighted by atomic mass is 16.6. The summed E-state index contributed by atoms with van der Waals surface area (Å²) in [5.74, 6) is -1.18. The molecule has 0 spiro atoms. The zero-order valence-corrected chi connectivity index (χ0v) is 19.3. The molecule has 3 heterocycles. The minimum absolute atomic E-state index is 0.0601. The van der Waals surface area contributed by atoms with Gasteiger partial charge in [-0.05, 0) is 12.5 Å². The van der Waals surface area contributed by atoms with Gasteiger partial charge < -0.3 is 14.2 Å². The molecule has 4 atom stereocenters. The molecule has 3 unspecified atom stereocenters. The van der Waals surface area contributed by atoms with Crippen molar-refractivity contribution >= 4 is 22.8 Å². The summed E-state index contributed by atoms with van der Waals surface area (Å²) >= 11 is 0. The largest absolute Gasteiger partial charge is 0.456 e. The lowest BCUT2D eigenvalue weighted by atomic mass is 10.1. The van der Waals surface area contributed by atoms with Gasteiger partial charge in [0, 0.05) is 38.5 Å². The van der Waals surface area contributed by atoms with Gasteiger partial charge in [0.05, 0.1) is 17.8 Å². The Labute approximate surface area is 194 Å². The predicted octanol–water partition coefficient (Wildman–Crippen LogP) is 1.12. The van der Waals surface area contributed by atoms with Crippen LogP contribution in [0.25, 0.3) is 10.9 Å². The normalized spacial score (nSPS) is 22.1. The van der Waals surface area contributed by atoms with E-state index < -0.39 is 47.7 Å². The predicted molar refractivity (Wildman–Crippen MR) is 120 cm³/mol. The first-order chi connectivity index (χ1) is 16.2. The molecule has 1 fully saturated rings.